The van der Waals surface area contributed by atoms with Gasteiger partial charge in [0.1, 0.15) is 17.8 Å². The molecule has 5 N–H and O–H groups in total. The zero-order valence-electron chi connectivity index (χ0n) is 22.5. The van der Waals surface area contributed by atoms with Crippen molar-refractivity contribution in [2.45, 2.75) is 26.4 Å². The van der Waals surface area contributed by atoms with Crippen LogP contribution in [0.2, 0.25) is 0 Å². The van der Waals surface area contributed by atoms with Gasteiger partial charge in [0.05, 0.1) is 39.6 Å². The SMILES string of the molecule is CC1=NC(N)CC(N2CCN(CCOCCOCCOCCNC(=O)c3ccc(B(O)O)c(C)c3)CC2)=N1. The van der Waals surface area contributed by atoms with Crippen LogP contribution in [0, 0.1) is 6.92 Å². The first-order valence-electron chi connectivity index (χ1n) is 13.2. The Morgan fingerprint density at radius 3 is 2.34 bits per heavy atom. The molecular weight excluding hydrogens is 491 g/mol. The van der Waals surface area contributed by atoms with Gasteiger partial charge in [0.2, 0.25) is 0 Å². The standard InChI is InChI=1S/C25H41BN6O6/c1-19-17-21(3-4-22(19)26(34)35)25(33)28-5-11-36-13-15-38-16-14-37-12-10-31-6-8-32(9-7-31)24-18-23(27)29-20(2)30-24/h3-4,17,23,34-35H,5-16,18,27H2,1-2H3,(H,28,33). The number of hydrogen-bond donors (Lipinski definition) is 4. The Labute approximate surface area is 225 Å². The van der Waals surface area contributed by atoms with E-state index in [4.69, 9.17) is 19.9 Å². The average Bonchev–Trinajstić information content (AvgIpc) is 2.88. The van der Waals surface area contributed by atoms with Crippen molar-refractivity contribution in [2.24, 2.45) is 15.7 Å². The molecule has 3 rings (SSSR count). The molecule has 0 bridgehead atoms. The minimum Gasteiger partial charge on any atom is -0.423 e. The van der Waals surface area contributed by atoms with E-state index in [9.17, 15) is 14.8 Å². The smallest absolute Gasteiger partial charge is 0.423 e. The summed E-state index contributed by atoms with van der Waals surface area (Å²) in [5, 5.41) is 21.3. The molecule has 1 aromatic carbocycles. The van der Waals surface area contributed by atoms with E-state index in [1.165, 1.54) is 6.07 Å². The first-order valence-corrected chi connectivity index (χ1v) is 13.2. The maximum absolute atomic E-state index is 12.2. The molecule has 0 saturated carbocycles. The summed E-state index contributed by atoms with van der Waals surface area (Å²) >= 11 is 0. The van der Waals surface area contributed by atoms with Crippen LogP contribution in [0.15, 0.2) is 28.2 Å². The molecule has 210 valence electrons. The summed E-state index contributed by atoms with van der Waals surface area (Å²) in [5.74, 6) is 1.57. The highest BCUT2D eigenvalue weighted by molar-refractivity contribution is 6.59. The summed E-state index contributed by atoms with van der Waals surface area (Å²) in [6.07, 6.45) is 0.525. The topological polar surface area (TPSA) is 154 Å². The summed E-state index contributed by atoms with van der Waals surface area (Å²) in [5.41, 5.74) is 7.47. The summed E-state index contributed by atoms with van der Waals surface area (Å²) in [6.45, 7) is 11.7. The number of hydrogen-bond acceptors (Lipinski definition) is 11. The van der Waals surface area contributed by atoms with E-state index in [2.05, 4.69) is 25.1 Å². The molecule has 0 radical (unpaired) electrons. The number of nitrogens with zero attached hydrogens (tertiary/aromatic N) is 4. The van der Waals surface area contributed by atoms with Crippen molar-refractivity contribution in [3.8, 4) is 0 Å². The van der Waals surface area contributed by atoms with Crippen molar-refractivity contribution in [3.63, 3.8) is 0 Å². The van der Waals surface area contributed by atoms with Crippen molar-refractivity contribution in [3.05, 3.63) is 29.3 Å². The monoisotopic (exact) mass is 532 g/mol. The van der Waals surface area contributed by atoms with Crippen LogP contribution in [-0.2, 0) is 14.2 Å². The lowest BCUT2D eigenvalue weighted by Crippen LogP contribution is -2.51. The Kier molecular flexibility index (Phi) is 12.6. The minimum atomic E-state index is -1.55. The number of benzene rings is 1. The molecular formula is C25H41BN6O6. The number of aryl methyl sites for hydroxylation is 1. The number of amidine groups is 2. The van der Waals surface area contributed by atoms with Crippen molar-refractivity contribution >= 4 is 30.2 Å². The van der Waals surface area contributed by atoms with Crippen molar-refractivity contribution in [1.29, 1.82) is 0 Å². The summed E-state index contributed by atoms with van der Waals surface area (Å²) in [6, 6.07) is 4.73. The Morgan fingerprint density at radius 1 is 1.05 bits per heavy atom. The maximum atomic E-state index is 12.2. The van der Waals surface area contributed by atoms with Gasteiger partial charge in [-0.1, -0.05) is 11.6 Å². The predicted octanol–water partition coefficient (Wildman–Crippen LogP) is -1.42. The Balaban J connectivity index is 1.12. The Bertz CT molecular complexity index is 954. The molecule has 1 unspecified atom stereocenters. The maximum Gasteiger partial charge on any atom is 0.488 e. The predicted molar refractivity (Wildman–Crippen MR) is 147 cm³/mol. The highest BCUT2D eigenvalue weighted by Crippen LogP contribution is 2.11. The van der Waals surface area contributed by atoms with Gasteiger partial charge < -0.3 is 40.2 Å². The van der Waals surface area contributed by atoms with E-state index in [0.717, 1.165) is 44.4 Å². The van der Waals surface area contributed by atoms with Crippen molar-refractivity contribution in [1.82, 2.24) is 15.1 Å². The van der Waals surface area contributed by atoms with Crippen LogP contribution in [0.5, 0.6) is 0 Å². The molecule has 0 aliphatic carbocycles. The molecule has 38 heavy (non-hydrogen) atoms. The summed E-state index contributed by atoms with van der Waals surface area (Å²) in [4.78, 5) is 25.7. The third kappa shape index (κ3) is 10.1. The highest BCUT2D eigenvalue weighted by atomic mass is 16.5. The molecule has 1 fully saturated rings. The zero-order chi connectivity index (χ0) is 27.3. The number of ether oxygens (including phenoxy) is 3. The van der Waals surface area contributed by atoms with E-state index >= 15 is 0 Å². The summed E-state index contributed by atoms with van der Waals surface area (Å²) in [7, 11) is -1.55. The van der Waals surface area contributed by atoms with Gasteiger partial charge in [-0.25, -0.2) is 4.99 Å². The quantitative estimate of drug-likeness (QED) is 0.167. The number of carbonyl (C=O) groups is 1. The van der Waals surface area contributed by atoms with Crippen LogP contribution < -0.4 is 16.5 Å². The van der Waals surface area contributed by atoms with Gasteiger partial charge in [0.25, 0.3) is 5.91 Å². The highest BCUT2D eigenvalue weighted by Gasteiger charge is 2.23. The van der Waals surface area contributed by atoms with Gasteiger partial charge in [-0.3, -0.25) is 14.7 Å². The van der Waals surface area contributed by atoms with Gasteiger partial charge >= 0.3 is 7.12 Å². The number of carbonyl (C=O) groups excluding carboxylic acids is 1. The third-order valence-corrected chi connectivity index (χ3v) is 6.41. The molecule has 1 atom stereocenters. The molecule has 2 aliphatic heterocycles. The molecule has 0 aromatic heterocycles. The fraction of sp³-hybridized carbons (Fsp3) is 0.640. The van der Waals surface area contributed by atoms with E-state index in [-0.39, 0.29) is 12.1 Å². The van der Waals surface area contributed by atoms with Crippen LogP contribution >= 0.6 is 0 Å². The lowest BCUT2D eigenvalue weighted by molar-refractivity contribution is 0.00958. The fourth-order valence-corrected chi connectivity index (χ4v) is 4.34. The summed E-state index contributed by atoms with van der Waals surface area (Å²) < 4.78 is 16.7. The van der Waals surface area contributed by atoms with Crippen LogP contribution in [0.1, 0.15) is 29.3 Å². The third-order valence-electron chi connectivity index (χ3n) is 6.41. The number of nitrogens with one attached hydrogen (secondary N) is 1. The second-order valence-electron chi connectivity index (χ2n) is 9.34. The number of piperazine rings is 1. The normalized spacial score (nSPS) is 18.2. The molecule has 0 spiro atoms. The fourth-order valence-electron chi connectivity index (χ4n) is 4.34. The van der Waals surface area contributed by atoms with Gasteiger partial charge in [-0.15, -0.1) is 0 Å². The van der Waals surface area contributed by atoms with E-state index in [1.807, 2.05) is 6.92 Å². The number of aliphatic imine (C=N–C) groups is 2. The largest absolute Gasteiger partial charge is 0.488 e. The number of rotatable bonds is 14. The van der Waals surface area contributed by atoms with Crippen LogP contribution in [0.4, 0.5) is 0 Å². The van der Waals surface area contributed by atoms with E-state index in [1.54, 1.807) is 19.1 Å². The second-order valence-corrected chi connectivity index (χ2v) is 9.34. The minimum absolute atomic E-state index is 0.180. The van der Waals surface area contributed by atoms with Crippen molar-refractivity contribution < 1.29 is 29.1 Å². The van der Waals surface area contributed by atoms with Gasteiger partial charge in [-0.05, 0) is 31.4 Å². The molecule has 1 aromatic rings. The average molecular weight is 532 g/mol. The second kappa shape index (κ2) is 15.9. The molecule has 2 heterocycles. The Morgan fingerprint density at radius 2 is 1.71 bits per heavy atom. The molecule has 1 amide bonds. The molecule has 2 aliphatic rings. The van der Waals surface area contributed by atoms with Gasteiger partial charge in [0, 0.05) is 51.3 Å². The lowest BCUT2D eigenvalue weighted by Gasteiger charge is -2.37. The van der Waals surface area contributed by atoms with E-state index in [0.29, 0.717) is 69.2 Å². The number of amides is 1. The van der Waals surface area contributed by atoms with Gasteiger partial charge in [-0.2, -0.15) is 0 Å². The number of nitrogens with two attached hydrogens (primary N) is 1. The first kappa shape index (κ1) is 30.2. The van der Waals surface area contributed by atoms with Gasteiger partial charge in [0.15, 0.2) is 0 Å². The zero-order valence-corrected chi connectivity index (χ0v) is 22.5. The van der Waals surface area contributed by atoms with Crippen LogP contribution in [-0.4, -0.2) is 130 Å². The van der Waals surface area contributed by atoms with E-state index < -0.39 is 7.12 Å². The lowest BCUT2D eigenvalue weighted by atomic mass is 9.77. The van der Waals surface area contributed by atoms with Crippen LogP contribution in [0.3, 0.4) is 0 Å². The van der Waals surface area contributed by atoms with Crippen LogP contribution in [0.25, 0.3) is 0 Å². The first-order chi connectivity index (χ1) is 18.3. The van der Waals surface area contributed by atoms with Crippen molar-refractivity contribution in [2.75, 3.05) is 78.9 Å². The molecule has 13 heteroatoms. The molecule has 1 saturated heterocycles. The molecule has 12 nitrogen and oxygen atoms in total. The Hall–Kier alpha value is -2.39.